The fraction of sp³-hybridized carbons (Fsp3) is 0.368. The Balaban J connectivity index is 1.82. The van der Waals surface area contributed by atoms with Gasteiger partial charge in [0.25, 0.3) is 10.0 Å². The molecule has 0 aliphatic heterocycles. The molecule has 0 radical (unpaired) electrons. The second-order valence-electron chi connectivity index (χ2n) is 6.58. The first-order chi connectivity index (χ1) is 14.3. The van der Waals surface area contributed by atoms with Crippen molar-refractivity contribution >= 4 is 33.4 Å². The lowest BCUT2D eigenvalue weighted by Gasteiger charge is -2.10. The topological polar surface area (TPSA) is 90.5 Å². The average Bonchev–Trinajstić information content (AvgIpc) is 3.34. The maximum atomic E-state index is 12.2. The molecule has 162 valence electrons. The minimum atomic E-state index is -3.60. The van der Waals surface area contributed by atoms with Gasteiger partial charge in [-0.25, -0.2) is 12.7 Å². The van der Waals surface area contributed by atoms with Gasteiger partial charge in [-0.15, -0.1) is 10.2 Å². The molecule has 11 heteroatoms. The van der Waals surface area contributed by atoms with Crippen molar-refractivity contribution in [3.8, 4) is 11.4 Å². The highest BCUT2D eigenvalue weighted by Crippen LogP contribution is 2.31. The Morgan fingerprint density at radius 3 is 2.67 bits per heavy atom. The average molecular weight is 471 g/mol. The van der Waals surface area contributed by atoms with Crippen molar-refractivity contribution < 1.29 is 17.6 Å². The largest absolute Gasteiger partial charge is 0.447 e. The Labute approximate surface area is 185 Å². The number of hydrogen-bond acceptors (Lipinski definition) is 7. The number of furan rings is 1. The van der Waals surface area contributed by atoms with E-state index >= 15 is 0 Å². The summed E-state index contributed by atoms with van der Waals surface area (Å²) in [4.78, 5) is 0. The minimum Gasteiger partial charge on any atom is -0.447 e. The lowest BCUT2D eigenvalue weighted by molar-refractivity contribution is 0.189. The maximum Gasteiger partial charge on any atom is 0.275 e. The van der Waals surface area contributed by atoms with Crippen molar-refractivity contribution in [1.82, 2.24) is 19.1 Å². The van der Waals surface area contributed by atoms with Crippen LogP contribution >= 0.6 is 23.4 Å². The van der Waals surface area contributed by atoms with Gasteiger partial charge >= 0.3 is 0 Å². The van der Waals surface area contributed by atoms with Gasteiger partial charge in [0.2, 0.25) is 5.09 Å². The molecule has 3 aromatic rings. The summed E-state index contributed by atoms with van der Waals surface area (Å²) in [6.45, 7) is 1.26. The van der Waals surface area contributed by atoms with Crippen LogP contribution in [0.1, 0.15) is 12.2 Å². The first kappa shape index (κ1) is 22.8. The second-order valence-corrected chi connectivity index (χ2v) is 10.0. The van der Waals surface area contributed by atoms with Crippen molar-refractivity contribution in [2.45, 2.75) is 29.0 Å². The molecular weight excluding hydrogens is 448 g/mol. The van der Waals surface area contributed by atoms with Gasteiger partial charge < -0.3 is 13.7 Å². The molecule has 0 aliphatic rings. The molecule has 3 rings (SSSR count). The number of sulfonamides is 1. The predicted molar refractivity (Wildman–Crippen MR) is 116 cm³/mol. The summed E-state index contributed by atoms with van der Waals surface area (Å²) < 4.78 is 38.2. The maximum absolute atomic E-state index is 12.2. The van der Waals surface area contributed by atoms with Crippen LogP contribution < -0.4 is 0 Å². The van der Waals surface area contributed by atoms with E-state index in [1.165, 1.54) is 31.9 Å². The quantitative estimate of drug-likeness (QED) is 0.329. The molecule has 0 amide bonds. The van der Waals surface area contributed by atoms with Crippen LogP contribution in [-0.4, -0.2) is 55.3 Å². The molecule has 0 saturated carbocycles. The lowest BCUT2D eigenvalue weighted by atomic mass is 10.2. The van der Waals surface area contributed by atoms with Crippen LogP contribution in [0.5, 0.6) is 0 Å². The van der Waals surface area contributed by atoms with Crippen molar-refractivity contribution in [2.75, 3.05) is 27.8 Å². The van der Waals surface area contributed by atoms with Crippen LogP contribution in [0.25, 0.3) is 11.4 Å². The summed E-state index contributed by atoms with van der Waals surface area (Å²) >= 11 is 7.77. The number of hydrogen-bond donors (Lipinski definition) is 0. The Kier molecular flexibility index (Phi) is 7.59. The number of thioether (sulfide) groups is 1. The van der Waals surface area contributed by atoms with Crippen LogP contribution in [0, 0.1) is 0 Å². The number of halogens is 1. The smallest absolute Gasteiger partial charge is 0.275 e. The number of aromatic nitrogens is 3. The highest BCUT2D eigenvalue weighted by molar-refractivity contribution is 7.98. The standard InChI is InChI=1S/C19H23ClN4O4S2/c1-23(2)30(25,26)17-10-9-14(28-17)13-29-19-22-21-18(24(19)11-6-12-27-3)15-7-4-5-8-16(15)20/h4-5,7-10H,6,11-13H2,1-3H3. The van der Waals surface area contributed by atoms with Crippen LogP contribution in [0.15, 0.2) is 51.1 Å². The van der Waals surface area contributed by atoms with Crippen LogP contribution in [0.2, 0.25) is 5.02 Å². The summed E-state index contributed by atoms with van der Waals surface area (Å²) in [5, 5.41) is 9.86. The molecule has 0 spiro atoms. The number of nitrogens with zero attached hydrogens (tertiary/aromatic N) is 4. The zero-order chi connectivity index (χ0) is 21.7. The monoisotopic (exact) mass is 470 g/mol. The Morgan fingerprint density at radius 2 is 1.97 bits per heavy atom. The third kappa shape index (κ3) is 5.06. The first-order valence-electron chi connectivity index (χ1n) is 9.15. The second kappa shape index (κ2) is 9.97. The molecular formula is C19H23ClN4O4S2. The van der Waals surface area contributed by atoms with E-state index in [9.17, 15) is 8.42 Å². The number of methoxy groups -OCH3 is 1. The SMILES string of the molecule is COCCCn1c(SCc2ccc(S(=O)(=O)N(C)C)o2)nnc1-c1ccccc1Cl. The molecule has 30 heavy (non-hydrogen) atoms. The number of benzene rings is 1. The van der Waals surface area contributed by atoms with Crippen molar-refractivity contribution in [2.24, 2.45) is 0 Å². The molecule has 0 N–H and O–H groups in total. The van der Waals surface area contributed by atoms with E-state index in [0.29, 0.717) is 40.7 Å². The zero-order valence-electron chi connectivity index (χ0n) is 16.9. The summed E-state index contributed by atoms with van der Waals surface area (Å²) in [7, 11) is 0.983. The van der Waals surface area contributed by atoms with Crippen LogP contribution in [-0.2, 0) is 27.1 Å². The van der Waals surface area contributed by atoms with Gasteiger partial charge in [0, 0.05) is 39.9 Å². The summed E-state index contributed by atoms with van der Waals surface area (Å²) in [6, 6.07) is 10.6. The number of rotatable bonds is 10. The van der Waals surface area contributed by atoms with Crippen molar-refractivity contribution in [3.05, 3.63) is 47.2 Å². The van der Waals surface area contributed by atoms with Crippen LogP contribution in [0.3, 0.4) is 0 Å². The normalized spacial score (nSPS) is 12.0. The van der Waals surface area contributed by atoms with E-state index in [0.717, 1.165) is 16.3 Å². The van der Waals surface area contributed by atoms with E-state index in [4.69, 9.17) is 20.8 Å². The molecule has 0 aliphatic carbocycles. The molecule has 0 fully saturated rings. The molecule has 2 aromatic heterocycles. The molecule has 0 bridgehead atoms. The highest BCUT2D eigenvalue weighted by Gasteiger charge is 2.22. The van der Waals surface area contributed by atoms with Gasteiger partial charge in [-0.2, -0.15) is 0 Å². The molecule has 8 nitrogen and oxygen atoms in total. The third-order valence-electron chi connectivity index (χ3n) is 4.28. The van der Waals surface area contributed by atoms with E-state index in [2.05, 4.69) is 10.2 Å². The fourth-order valence-electron chi connectivity index (χ4n) is 2.70. The van der Waals surface area contributed by atoms with Gasteiger partial charge in [-0.05, 0) is 30.7 Å². The number of ether oxygens (including phenoxy) is 1. The van der Waals surface area contributed by atoms with Crippen LogP contribution in [0.4, 0.5) is 0 Å². The van der Waals surface area contributed by atoms with Gasteiger partial charge in [-0.3, -0.25) is 0 Å². The summed E-state index contributed by atoms with van der Waals surface area (Å²) in [5.41, 5.74) is 0.799. The molecule has 0 atom stereocenters. The Hall–Kier alpha value is -1.85. The van der Waals surface area contributed by atoms with E-state index < -0.39 is 10.0 Å². The van der Waals surface area contributed by atoms with Crippen molar-refractivity contribution in [3.63, 3.8) is 0 Å². The van der Waals surface area contributed by atoms with E-state index in [1.807, 2.05) is 28.8 Å². The zero-order valence-corrected chi connectivity index (χ0v) is 19.3. The van der Waals surface area contributed by atoms with Gasteiger partial charge in [0.1, 0.15) is 5.76 Å². The Morgan fingerprint density at radius 1 is 1.20 bits per heavy atom. The molecule has 0 saturated heterocycles. The lowest BCUT2D eigenvalue weighted by Crippen LogP contribution is -2.21. The minimum absolute atomic E-state index is 0.0820. The van der Waals surface area contributed by atoms with Crippen molar-refractivity contribution in [1.29, 1.82) is 0 Å². The van der Waals surface area contributed by atoms with Gasteiger partial charge in [0.15, 0.2) is 11.0 Å². The van der Waals surface area contributed by atoms with Gasteiger partial charge in [-0.1, -0.05) is 35.5 Å². The first-order valence-corrected chi connectivity index (χ1v) is 12.0. The third-order valence-corrected chi connectivity index (χ3v) is 7.29. The predicted octanol–water partition coefficient (Wildman–Crippen LogP) is 3.77. The Bertz CT molecular complexity index is 1100. The summed E-state index contributed by atoms with van der Waals surface area (Å²) in [5.74, 6) is 1.62. The van der Waals surface area contributed by atoms with E-state index in [-0.39, 0.29) is 5.09 Å². The fourth-order valence-corrected chi connectivity index (χ4v) is 4.59. The molecule has 1 aromatic carbocycles. The van der Waals surface area contributed by atoms with E-state index in [1.54, 1.807) is 13.2 Å². The van der Waals surface area contributed by atoms with Gasteiger partial charge in [0.05, 0.1) is 10.8 Å². The molecule has 2 heterocycles. The molecule has 0 unspecified atom stereocenters. The summed E-state index contributed by atoms with van der Waals surface area (Å²) in [6.07, 6.45) is 0.783. The highest BCUT2D eigenvalue weighted by atomic mass is 35.5.